The summed E-state index contributed by atoms with van der Waals surface area (Å²) in [5, 5.41) is 9.62. The minimum Gasteiger partial charge on any atom is -0.497 e. The number of oxazole rings is 1. The summed E-state index contributed by atoms with van der Waals surface area (Å²) in [4.78, 5) is 6.63. The maximum Gasteiger partial charge on any atom is 0.229 e. The molecule has 1 aliphatic carbocycles. The molecule has 1 heterocycles. The van der Waals surface area contributed by atoms with E-state index < -0.39 is 5.82 Å². The number of hydrogen-bond acceptors (Lipinski definition) is 5. The number of benzene rings is 1. The molecule has 1 N–H and O–H groups in total. The summed E-state index contributed by atoms with van der Waals surface area (Å²) in [7, 11) is 3.55. The Morgan fingerprint density at radius 2 is 2.16 bits per heavy atom. The third-order valence-electron chi connectivity index (χ3n) is 5.07. The molecular weight excluding hydrogens is 323 g/mol. The van der Waals surface area contributed by atoms with E-state index in [1.165, 1.54) is 19.6 Å². The van der Waals surface area contributed by atoms with Crippen molar-refractivity contribution in [2.75, 3.05) is 27.3 Å². The molecule has 1 aliphatic rings. The van der Waals surface area contributed by atoms with Crippen LogP contribution in [0.25, 0.3) is 11.5 Å². The van der Waals surface area contributed by atoms with Gasteiger partial charge < -0.3 is 14.3 Å². The first-order chi connectivity index (χ1) is 12.0. The Balaban J connectivity index is 1.76. The Kier molecular flexibility index (Phi) is 5.11. The number of aromatic nitrogens is 1. The van der Waals surface area contributed by atoms with Crippen molar-refractivity contribution in [3.05, 3.63) is 35.5 Å². The van der Waals surface area contributed by atoms with Crippen molar-refractivity contribution < 1.29 is 18.7 Å². The molecular formula is C19H25FN2O3. The Hall–Kier alpha value is -1.92. The first-order valence-corrected chi connectivity index (χ1v) is 8.56. The second kappa shape index (κ2) is 7.14. The lowest BCUT2D eigenvalue weighted by atomic mass is 9.69. The molecule has 0 atom stereocenters. The maximum absolute atomic E-state index is 14.1. The summed E-state index contributed by atoms with van der Waals surface area (Å²) in [6, 6.07) is 4.50. The molecule has 1 fully saturated rings. The van der Waals surface area contributed by atoms with Crippen LogP contribution in [0.2, 0.25) is 0 Å². The predicted octanol–water partition coefficient (Wildman–Crippen LogP) is 3.39. The largest absolute Gasteiger partial charge is 0.497 e. The fraction of sp³-hybridized carbons (Fsp3) is 0.526. The lowest BCUT2D eigenvalue weighted by Gasteiger charge is -2.42. The minimum atomic E-state index is -0.393. The van der Waals surface area contributed by atoms with E-state index in [1.807, 2.05) is 14.0 Å². The quantitative estimate of drug-likeness (QED) is 0.831. The zero-order valence-electron chi connectivity index (χ0n) is 15.0. The minimum absolute atomic E-state index is 0.0219. The van der Waals surface area contributed by atoms with Gasteiger partial charge in [-0.15, -0.1) is 0 Å². The Morgan fingerprint density at radius 1 is 1.40 bits per heavy atom. The molecule has 0 amide bonds. The van der Waals surface area contributed by atoms with E-state index in [1.54, 1.807) is 12.1 Å². The number of nitrogens with zero attached hydrogens (tertiary/aromatic N) is 2. The van der Waals surface area contributed by atoms with Gasteiger partial charge in [0.1, 0.15) is 17.3 Å². The highest BCUT2D eigenvalue weighted by Gasteiger charge is 2.37. The van der Waals surface area contributed by atoms with Gasteiger partial charge in [-0.1, -0.05) is 6.42 Å². The summed E-state index contributed by atoms with van der Waals surface area (Å²) in [6.07, 6.45) is 3.30. The number of halogens is 1. The van der Waals surface area contributed by atoms with Crippen LogP contribution in [-0.4, -0.2) is 42.3 Å². The van der Waals surface area contributed by atoms with E-state index in [-0.39, 0.29) is 17.9 Å². The first-order valence-electron chi connectivity index (χ1n) is 8.56. The molecule has 3 rings (SSSR count). The van der Waals surface area contributed by atoms with Crippen LogP contribution in [0.3, 0.4) is 0 Å². The lowest BCUT2D eigenvalue weighted by Crippen LogP contribution is -2.43. The number of aliphatic hydroxyl groups is 1. The van der Waals surface area contributed by atoms with Crippen molar-refractivity contribution in [3.63, 3.8) is 0 Å². The molecule has 0 saturated heterocycles. The fourth-order valence-electron chi connectivity index (χ4n) is 3.41. The highest BCUT2D eigenvalue weighted by Crippen LogP contribution is 2.41. The van der Waals surface area contributed by atoms with E-state index >= 15 is 0 Å². The SMILES string of the molecule is COc1ccc(F)c(-c2nc(CN(C)CC3(CO)CCC3)c(C)o2)c1. The summed E-state index contributed by atoms with van der Waals surface area (Å²) >= 11 is 0. The molecule has 136 valence electrons. The molecule has 25 heavy (non-hydrogen) atoms. The van der Waals surface area contributed by atoms with Gasteiger partial charge in [-0.2, -0.15) is 0 Å². The van der Waals surface area contributed by atoms with Crippen LogP contribution in [-0.2, 0) is 6.54 Å². The third-order valence-corrected chi connectivity index (χ3v) is 5.07. The third kappa shape index (κ3) is 3.70. The molecule has 5 nitrogen and oxygen atoms in total. The Labute approximate surface area is 147 Å². The second-order valence-electron chi connectivity index (χ2n) is 7.05. The highest BCUT2D eigenvalue weighted by atomic mass is 19.1. The molecule has 0 radical (unpaired) electrons. The van der Waals surface area contributed by atoms with Crippen molar-refractivity contribution >= 4 is 0 Å². The zero-order chi connectivity index (χ0) is 18.0. The Morgan fingerprint density at radius 3 is 2.76 bits per heavy atom. The van der Waals surface area contributed by atoms with Crippen LogP contribution in [0.5, 0.6) is 5.75 Å². The van der Waals surface area contributed by atoms with Crippen molar-refractivity contribution in [1.29, 1.82) is 0 Å². The maximum atomic E-state index is 14.1. The Bertz CT molecular complexity index is 735. The molecule has 1 aromatic heterocycles. The number of hydrogen-bond donors (Lipinski definition) is 1. The number of rotatable bonds is 7. The van der Waals surface area contributed by atoms with Gasteiger partial charge in [0.15, 0.2) is 0 Å². The summed E-state index contributed by atoms with van der Waals surface area (Å²) in [5.41, 5.74) is 1.10. The molecule has 2 aromatic rings. The van der Waals surface area contributed by atoms with Crippen molar-refractivity contribution in [2.45, 2.75) is 32.7 Å². The van der Waals surface area contributed by atoms with Gasteiger partial charge in [0.2, 0.25) is 5.89 Å². The summed E-state index contributed by atoms with van der Waals surface area (Å²) in [6.45, 7) is 3.47. The molecule has 0 spiro atoms. The van der Waals surface area contributed by atoms with Crippen LogP contribution >= 0.6 is 0 Å². The van der Waals surface area contributed by atoms with Gasteiger partial charge >= 0.3 is 0 Å². The second-order valence-corrected chi connectivity index (χ2v) is 7.05. The van der Waals surface area contributed by atoms with Gasteiger partial charge in [-0.25, -0.2) is 9.37 Å². The first kappa shape index (κ1) is 17.9. The summed E-state index contributed by atoms with van der Waals surface area (Å²) < 4.78 is 25.0. The smallest absolute Gasteiger partial charge is 0.229 e. The van der Waals surface area contributed by atoms with E-state index in [0.717, 1.165) is 25.1 Å². The van der Waals surface area contributed by atoms with E-state index in [0.29, 0.717) is 23.6 Å². The van der Waals surface area contributed by atoms with Crippen molar-refractivity contribution in [3.8, 4) is 17.2 Å². The van der Waals surface area contributed by atoms with E-state index in [4.69, 9.17) is 9.15 Å². The van der Waals surface area contributed by atoms with Crippen molar-refractivity contribution in [1.82, 2.24) is 9.88 Å². The average molecular weight is 348 g/mol. The van der Waals surface area contributed by atoms with Gasteiger partial charge in [-0.05, 0) is 45.0 Å². The van der Waals surface area contributed by atoms with Gasteiger partial charge in [0.25, 0.3) is 0 Å². The van der Waals surface area contributed by atoms with Crippen LogP contribution in [0.1, 0.15) is 30.7 Å². The topological polar surface area (TPSA) is 58.7 Å². The molecule has 1 saturated carbocycles. The van der Waals surface area contributed by atoms with Crippen LogP contribution in [0.4, 0.5) is 4.39 Å². The van der Waals surface area contributed by atoms with Crippen LogP contribution in [0, 0.1) is 18.2 Å². The monoisotopic (exact) mass is 348 g/mol. The zero-order valence-corrected chi connectivity index (χ0v) is 15.0. The van der Waals surface area contributed by atoms with Crippen molar-refractivity contribution in [2.24, 2.45) is 5.41 Å². The lowest BCUT2D eigenvalue weighted by molar-refractivity contribution is 0.0124. The number of aryl methyl sites for hydroxylation is 1. The standard InChI is InChI=1S/C19H25FN2O3/c1-13-17(10-22(2)11-19(12-23)7-4-8-19)21-18(25-13)15-9-14(24-3)5-6-16(15)20/h5-6,9,23H,4,7-8,10-12H2,1-3H3. The average Bonchev–Trinajstić information content (AvgIpc) is 2.92. The molecule has 0 aliphatic heterocycles. The van der Waals surface area contributed by atoms with Crippen LogP contribution < -0.4 is 4.74 Å². The normalized spacial score (nSPS) is 16.1. The summed E-state index contributed by atoms with van der Waals surface area (Å²) in [5.74, 6) is 1.10. The number of aliphatic hydroxyl groups excluding tert-OH is 1. The predicted molar refractivity (Wildman–Crippen MR) is 92.9 cm³/mol. The molecule has 0 bridgehead atoms. The fourth-order valence-corrected chi connectivity index (χ4v) is 3.41. The van der Waals surface area contributed by atoms with Crippen LogP contribution in [0.15, 0.2) is 22.6 Å². The van der Waals surface area contributed by atoms with E-state index in [2.05, 4.69) is 9.88 Å². The number of ether oxygens (including phenoxy) is 1. The van der Waals surface area contributed by atoms with E-state index in [9.17, 15) is 9.50 Å². The highest BCUT2D eigenvalue weighted by molar-refractivity contribution is 5.57. The van der Waals surface area contributed by atoms with Gasteiger partial charge in [0.05, 0.1) is 18.4 Å². The van der Waals surface area contributed by atoms with Gasteiger partial charge in [0, 0.05) is 25.1 Å². The van der Waals surface area contributed by atoms with Gasteiger partial charge in [-0.3, -0.25) is 4.90 Å². The molecule has 1 aromatic carbocycles. The molecule has 6 heteroatoms. The number of methoxy groups -OCH3 is 1. The molecule has 0 unspecified atom stereocenters.